The third-order valence-electron chi connectivity index (χ3n) is 8.64. The summed E-state index contributed by atoms with van der Waals surface area (Å²) in [6.07, 6.45) is 2.92. The van der Waals surface area contributed by atoms with Crippen LogP contribution in [0.4, 0.5) is 13.2 Å². The van der Waals surface area contributed by atoms with Gasteiger partial charge in [0.25, 0.3) is 0 Å². The Balaban J connectivity index is 1.39. The lowest BCUT2D eigenvalue weighted by molar-refractivity contribution is -0.187. The summed E-state index contributed by atoms with van der Waals surface area (Å²) in [4.78, 5) is 27.8. The van der Waals surface area contributed by atoms with Gasteiger partial charge < -0.3 is 15.2 Å². The van der Waals surface area contributed by atoms with Crippen LogP contribution in [-0.2, 0) is 25.9 Å². The van der Waals surface area contributed by atoms with Crippen molar-refractivity contribution in [3.05, 3.63) is 71.3 Å². The number of hydrogen-bond donors (Lipinski definition) is 2. The summed E-state index contributed by atoms with van der Waals surface area (Å²) in [6.45, 7) is 3.80. The van der Waals surface area contributed by atoms with Gasteiger partial charge >= 0.3 is 12.1 Å². The maximum absolute atomic E-state index is 13.1. The number of phenolic OH excluding ortho intramolecular Hbond substituents is 1. The van der Waals surface area contributed by atoms with E-state index in [9.17, 15) is 27.9 Å². The predicted molar refractivity (Wildman–Crippen MR) is 144 cm³/mol. The average molecular weight is 557 g/mol. The van der Waals surface area contributed by atoms with Crippen molar-refractivity contribution >= 4 is 18.0 Å². The van der Waals surface area contributed by atoms with Gasteiger partial charge in [-0.2, -0.15) is 13.2 Å². The first-order valence-corrected chi connectivity index (χ1v) is 13.9. The summed E-state index contributed by atoms with van der Waals surface area (Å²) in [5.41, 5.74) is -1.06. The maximum Gasteiger partial charge on any atom is 0.416 e. The van der Waals surface area contributed by atoms with Crippen LogP contribution in [0.2, 0.25) is 0 Å². The number of aromatic hydroxyl groups is 1. The van der Waals surface area contributed by atoms with Gasteiger partial charge in [-0.05, 0) is 92.5 Å². The minimum atomic E-state index is -4.46. The van der Waals surface area contributed by atoms with E-state index < -0.39 is 28.7 Å². The van der Waals surface area contributed by atoms with E-state index in [4.69, 9.17) is 4.74 Å². The number of phenols is 1. The summed E-state index contributed by atoms with van der Waals surface area (Å²) >= 11 is 0. The number of esters is 1. The Morgan fingerprint density at radius 1 is 1.12 bits per heavy atom. The number of amides is 1. The molecule has 2 aromatic carbocycles. The van der Waals surface area contributed by atoms with E-state index in [1.54, 1.807) is 18.2 Å². The van der Waals surface area contributed by atoms with E-state index in [0.29, 0.717) is 38.1 Å². The monoisotopic (exact) mass is 556 g/mol. The van der Waals surface area contributed by atoms with Crippen LogP contribution in [-0.4, -0.2) is 53.2 Å². The zero-order valence-corrected chi connectivity index (χ0v) is 22.5. The van der Waals surface area contributed by atoms with E-state index in [0.717, 1.165) is 30.8 Å². The molecule has 1 saturated heterocycles. The third-order valence-corrected chi connectivity index (χ3v) is 8.64. The number of rotatable bonds is 7. The largest absolute Gasteiger partial charge is 0.508 e. The highest BCUT2D eigenvalue weighted by atomic mass is 19.4. The highest BCUT2D eigenvalue weighted by Crippen LogP contribution is 2.54. The molecule has 0 bridgehead atoms. The number of ether oxygens (including phenoxy) is 1. The SMILES string of the molecule is CC(=O)OC12CCC(NC(=O)/C=C/c3cccc(C(F)(F)F)c3)CC1(c1cccc(O)c1)CCN(CC1CC1)C2. The fourth-order valence-electron chi connectivity index (χ4n) is 6.67. The van der Waals surface area contributed by atoms with Crippen molar-refractivity contribution in [3.63, 3.8) is 0 Å². The summed E-state index contributed by atoms with van der Waals surface area (Å²) in [7, 11) is 0. The first-order valence-electron chi connectivity index (χ1n) is 13.9. The number of halogens is 3. The normalized spacial score (nSPS) is 27.2. The second-order valence-electron chi connectivity index (χ2n) is 11.6. The number of hydrogen-bond acceptors (Lipinski definition) is 5. The van der Waals surface area contributed by atoms with E-state index in [1.807, 2.05) is 6.07 Å². The number of fused-ring (bicyclic) bond motifs is 1. The molecule has 9 heteroatoms. The molecule has 1 aliphatic heterocycles. The van der Waals surface area contributed by atoms with Crippen LogP contribution in [0.3, 0.4) is 0 Å². The first-order chi connectivity index (χ1) is 19.0. The molecule has 1 heterocycles. The predicted octanol–water partition coefficient (Wildman–Crippen LogP) is 5.45. The molecule has 3 aliphatic rings. The molecule has 0 aromatic heterocycles. The van der Waals surface area contributed by atoms with Crippen LogP contribution >= 0.6 is 0 Å². The highest BCUT2D eigenvalue weighted by Gasteiger charge is 2.61. The van der Waals surface area contributed by atoms with Crippen molar-refractivity contribution in [1.82, 2.24) is 10.2 Å². The van der Waals surface area contributed by atoms with E-state index in [-0.39, 0.29) is 23.3 Å². The first kappa shape index (κ1) is 28.2. The molecule has 2 N–H and O–H groups in total. The quantitative estimate of drug-likeness (QED) is 0.350. The fraction of sp³-hybridized carbons (Fsp3) is 0.484. The molecule has 214 valence electrons. The lowest BCUT2D eigenvalue weighted by Crippen LogP contribution is -2.68. The average Bonchev–Trinajstić information content (AvgIpc) is 3.71. The lowest BCUT2D eigenvalue weighted by Gasteiger charge is -2.59. The van der Waals surface area contributed by atoms with E-state index >= 15 is 0 Å². The van der Waals surface area contributed by atoms with Crippen LogP contribution in [0.15, 0.2) is 54.6 Å². The van der Waals surface area contributed by atoms with Crippen molar-refractivity contribution in [3.8, 4) is 5.75 Å². The number of carbonyl (C=O) groups excluding carboxylic acids is 2. The smallest absolute Gasteiger partial charge is 0.416 e. The minimum absolute atomic E-state index is 0.124. The third kappa shape index (κ3) is 6.04. The van der Waals surface area contributed by atoms with Gasteiger partial charge in [0.2, 0.25) is 5.91 Å². The molecule has 2 aromatic rings. The standard InChI is InChI=1S/C31H35F3N2O4/c1-21(37)40-30-13-12-26(35-28(39)11-10-22-4-2-6-25(16-22)31(32,33)34)18-29(30,24-5-3-7-27(38)17-24)14-15-36(20-30)19-23-8-9-23/h2-7,10-11,16-17,23,26,38H,8-9,12-15,18-20H2,1H3,(H,35,39)/b11-10+. The summed E-state index contributed by atoms with van der Waals surface area (Å²) in [5, 5.41) is 13.4. The second-order valence-corrected chi connectivity index (χ2v) is 11.6. The van der Waals surface area contributed by atoms with Gasteiger partial charge in [-0.15, -0.1) is 0 Å². The molecule has 3 atom stereocenters. The van der Waals surface area contributed by atoms with Crippen LogP contribution in [0.5, 0.6) is 5.75 Å². The molecular formula is C31H35F3N2O4. The van der Waals surface area contributed by atoms with Crippen molar-refractivity contribution in [1.29, 1.82) is 0 Å². The summed E-state index contributed by atoms with van der Waals surface area (Å²) in [5.74, 6) is 0.0463. The number of likely N-dealkylation sites (tertiary alicyclic amines) is 1. The molecule has 40 heavy (non-hydrogen) atoms. The van der Waals surface area contributed by atoms with Crippen LogP contribution in [0, 0.1) is 5.92 Å². The van der Waals surface area contributed by atoms with Crippen molar-refractivity contribution < 1.29 is 32.6 Å². The van der Waals surface area contributed by atoms with Gasteiger partial charge in [0.05, 0.1) is 5.56 Å². The maximum atomic E-state index is 13.1. The van der Waals surface area contributed by atoms with Gasteiger partial charge in [-0.3, -0.25) is 14.5 Å². The molecule has 2 aliphatic carbocycles. The molecule has 1 amide bonds. The number of nitrogens with zero attached hydrogens (tertiary/aromatic N) is 1. The Bertz CT molecular complexity index is 1290. The van der Waals surface area contributed by atoms with Gasteiger partial charge in [0.1, 0.15) is 11.4 Å². The molecule has 0 spiro atoms. The van der Waals surface area contributed by atoms with Crippen molar-refractivity contribution in [2.75, 3.05) is 19.6 Å². The topological polar surface area (TPSA) is 78.9 Å². The molecule has 3 fully saturated rings. The number of nitrogens with one attached hydrogen (secondary N) is 1. The molecule has 2 saturated carbocycles. The zero-order valence-electron chi connectivity index (χ0n) is 22.5. The van der Waals surface area contributed by atoms with Gasteiger partial charge in [0, 0.05) is 37.5 Å². The van der Waals surface area contributed by atoms with E-state index in [2.05, 4.69) is 10.2 Å². The van der Waals surface area contributed by atoms with Gasteiger partial charge in [-0.1, -0.05) is 24.3 Å². The Labute approximate surface area is 232 Å². The molecule has 6 nitrogen and oxygen atoms in total. The summed E-state index contributed by atoms with van der Waals surface area (Å²) in [6, 6.07) is 11.6. The minimum Gasteiger partial charge on any atom is -0.508 e. The second kappa shape index (κ2) is 10.9. The zero-order chi connectivity index (χ0) is 28.5. The van der Waals surface area contributed by atoms with E-state index in [1.165, 1.54) is 44.1 Å². The van der Waals surface area contributed by atoms with Crippen LogP contribution < -0.4 is 5.32 Å². The number of piperidine rings is 1. The number of carbonyl (C=O) groups is 2. The highest BCUT2D eigenvalue weighted by molar-refractivity contribution is 5.92. The molecule has 5 rings (SSSR count). The van der Waals surface area contributed by atoms with Gasteiger partial charge in [0.15, 0.2) is 0 Å². The number of alkyl halides is 3. The van der Waals surface area contributed by atoms with Crippen LogP contribution in [0.25, 0.3) is 6.08 Å². The Morgan fingerprint density at radius 2 is 1.90 bits per heavy atom. The van der Waals surface area contributed by atoms with Crippen molar-refractivity contribution in [2.45, 2.75) is 68.7 Å². The molecular weight excluding hydrogens is 521 g/mol. The number of benzene rings is 2. The molecule has 3 unspecified atom stereocenters. The summed E-state index contributed by atoms with van der Waals surface area (Å²) < 4.78 is 45.4. The van der Waals surface area contributed by atoms with Gasteiger partial charge in [-0.25, -0.2) is 0 Å². The van der Waals surface area contributed by atoms with Crippen LogP contribution in [0.1, 0.15) is 62.1 Å². The molecule has 0 radical (unpaired) electrons. The lowest BCUT2D eigenvalue weighted by atomic mass is 9.55. The van der Waals surface area contributed by atoms with Crippen molar-refractivity contribution in [2.24, 2.45) is 5.92 Å². The fourth-order valence-corrected chi connectivity index (χ4v) is 6.67. The Morgan fingerprint density at radius 3 is 2.60 bits per heavy atom. The Kier molecular flexibility index (Phi) is 7.70. The Hall–Kier alpha value is -3.33.